The number of hydrogen-bond donors (Lipinski definition) is 1. The minimum absolute atomic E-state index is 0.723. The third-order valence-electron chi connectivity index (χ3n) is 3.44. The van der Waals surface area contributed by atoms with E-state index in [1.165, 1.54) is 32.2 Å². The van der Waals surface area contributed by atoms with Crippen molar-refractivity contribution in [1.29, 1.82) is 0 Å². The molecule has 1 aliphatic carbocycles. The minimum atomic E-state index is 0.723. The summed E-state index contributed by atoms with van der Waals surface area (Å²) in [4.78, 5) is 2.55. The Morgan fingerprint density at radius 3 is 2.71 bits per heavy atom. The van der Waals surface area contributed by atoms with E-state index in [9.17, 15) is 0 Å². The topological polar surface area (TPSA) is 3.24 Å². The van der Waals surface area contributed by atoms with E-state index in [1.54, 1.807) is 0 Å². The van der Waals surface area contributed by atoms with Crippen LogP contribution >= 0.6 is 12.6 Å². The lowest BCUT2D eigenvalue weighted by atomic mass is 9.86. The smallest absolute Gasteiger partial charge is 0.00948 e. The predicted molar refractivity (Wildman–Crippen MR) is 67.1 cm³/mol. The van der Waals surface area contributed by atoms with Crippen LogP contribution in [0.2, 0.25) is 0 Å². The van der Waals surface area contributed by atoms with E-state index in [1.807, 2.05) is 0 Å². The second-order valence-electron chi connectivity index (χ2n) is 5.15. The van der Waals surface area contributed by atoms with Gasteiger partial charge in [-0.25, -0.2) is 0 Å². The molecule has 1 rings (SSSR count). The van der Waals surface area contributed by atoms with Gasteiger partial charge in [0.1, 0.15) is 0 Å². The Kier molecular flexibility index (Phi) is 5.32. The summed E-state index contributed by atoms with van der Waals surface area (Å²) in [7, 11) is 2.28. The van der Waals surface area contributed by atoms with Gasteiger partial charge < -0.3 is 4.90 Å². The molecular weight excluding hydrogens is 190 g/mol. The van der Waals surface area contributed by atoms with Crippen molar-refractivity contribution < 1.29 is 0 Å². The Hall–Kier alpha value is 0.310. The number of thiol groups is 1. The minimum Gasteiger partial charge on any atom is -0.303 e. The molecule has 0 N–H and O–H groups in total. The fourth-order valence-corrected chi connectivity index (χ4v) is 2.62. The third-order valence-corrected chi connectivity index (χ3v) is 4.07. The highest BCUT2D eigenvalue weighted by atomic mass is 32.1. The molecule has 0 spiro atoms. The zero-order valence-electron chi connectivity index (χ0n) is 9.87. The van der Waals surface area contributed by atoms with E-state index < -0.39 is 0 Å². The zero-order chi connectivity index (χ0) is 10.6. The Balaban J connectivity index is 2.31. The van der Waals surface area contributed by atoms with Gasteiger partial charge in [0, 0.05) is 12.6 Å². The van der Waals surface area contributed by atoms with Crippen LogP contribution in [0.1, 0.15) is 39.5 Å². The normalized spacial score (nSPS) is 30.6. The summed E-state index contributed by atoms with van der Waals surface area (Å²) in [6, 6.07) is 0.834. The van der Waals surface area contributed by atoms with Crippen molar-refractivity contribution in [2.45, 2.75) is 45.6 Å². The number of nitrogens with zero attached hydrogens (tertiary/aromatic N) is 1. The van der Waals surface area contributed by atoms with Gasteiger partial charge in [0.25, 0.3) is 0 Å². The van der Waals surface area contributed by atoms with Crippen LogP contribution in [0.3, 0.4) is 0 Å². The molecule has 0 aromatic rings. The van der Waals surface area contributed by atoms with Gasteiger partial charge in [0.2, 0.25) is 0 Å². The maximum Gasteiger partial charge on any atom is 0.00948 e. The Labute approximate surface area is 94.7 Å². The molecule has 1 saturated carbocycles. The average molecular weight is 215 g/mol. The van der Waals surface area contributed by atoms with Gasteiger partial charge in [-0.15, -0.1) is 0 Å². The highest BCUT2D eigenvalue weighted by molar-refractivity contribution is 7.80. The molecule has 14 heavy (non-hydrogen) atoms. The first-order valence-corrected chi connectivity index (χ1v) is 6.57. The molecule has 0 aliphatic heterocycles. The maximum atomic E-state index is 4.35. The van der Waals surface area contributed by atoms with Gasteiger partial charge in [0.15, 0.2) is 0 Å². The number of hydrogen-bond acceptors (Lipinski definition) is 2. The van der Waals surface area contributed by atoms with Crippen LogP contribution in [0.4, 0.5) is 0 Å². The first kappa shape index (κ1) is 12.4. The van der Waals surface area contributed by atoms with Gasteiger partial charge in [0.05, 0.1) is 0 Å². The maximum absolute atomic E-state index is 4.35. The molecule has 1 nitrogen and oxygen atoms in total. The molecule has 0 radical (unpaired) electrons. The fraction of sp³-hybridized carbons (Fsp3) is 1.00. The number of rotatable bonds is 4. The molecule has 84 valence electrons. The third kappa shape index (κ3) is 3.82. The monoisotopic (exact) mass is 215 g/mol. The largest absolute Gasteiger partial charge is 0.303 e. The molecule has 3 atom stereocenters. The highest BCUT2D eigenvalue weighted by Gasteiger charge is 2.22. The summed E-state index contributed by atoms with van der Waals surface area (Å²) < 4.78 is 0. The molecule has 0 aromatic carbocycles. The Morgan fingerprint density at radius 1 is 1.43 bits per heavy atom. The Morgan fingerprint density at radius 2 is 2.14 bits per heavy atom. The van der Waals surface area contributed by atoms with E-state index in [0.717, 1.165) is 23.6 Å². The predicted octanol–water partition coefficient (Wildman–Crippen LogP) is 3.06. The average Bonchev–Trinajstić information content (AvgIpc) is 2.17. The summed E-state index contributed by atoms with van der Waals surface area (Å²) in [6.07, 6.45) is 5.66. The SMILES string of the molecule is CC1CCCC(N(C)CC(C)CS)C1. The molecular formula is C12H25NS. The molecule has 0 aromatic heterocycles. The van der Waals surface area contributed by atoms with Crippen molar-refractivity contribution in [1.82, 2.24) is 4.90 Å². The Bertz CT molecular complexity index is 160. The fourth-order valence-electron chi connectivity index (χ4n) is 2.50. The summed E-state index contributed by atoms with van der Waals surface area (Å²) in [5, 5.41) is 0. The van der Waals surface area contributed by atoms with Crippen LogP contribution in [-0.2, 0) is 0 Å². The van der Waals surface area contributed by atoms with Crippen molar-refractivity contribution in [2.75, 3.05) is 19.3 Å². The first-order chi connectivity index (χ1) is 6.63. The molecule has 1 aliphatic rings. The van der Waals surface area contributed by atoms with Crippen molar-refractivity contribution in [2.24, 2.45) is 11.8 Å². The van der Waals surface area contributed by atoms with E-state index in [2.05, 4.69) is 38.4 Å². The molecule has 1 fully saturated rings. The zero-order valence-corrected chi connectivity index (χ0v) is 10.8. The van der Waals surface area contributed by atoms with Gasteiger partial charge >= 0.3 is 0 Å². The highest BCUT2D eigenvalue weighted by Crippen LogP contribution is 2.26. The van der Waals surface area contributed by atoms with Crippen molar-refractivity contribution in [3.63, 3.8) is 0 Å². The van der Waals surface area contributed by atoms with Crippen molar-refractivity contribution >= 4 is 12.6 Å². The second-order valence-corrected chi connectivity index (χ2v) is 5.52. The molecule has 0 amide bonds. The molecule has 0 saturated heterocycles. The van der Waals surface area contributed by atoms with Gasteiger partial charge in [-0.05, 0) is 37.5 Å². The van der Waals surface area contributed by atoms with E-state index in [-0.39, 0.29) is 0 Å². The molecule has 0 heterocycles. The lowest BCUT2D eigenvalue weighted by molar-refractivity contribution is 0.151. The second kappa shape index (κ2) is 6.02. The van der Waals surface area contributed by atoms with Crippen LogP contribution in [-0.4, -0.2) is 30.3 Å². The molecule has 3 unspecified atom stereocenters. The molecule has 0 bridgehead atoms. The van der Waals surface area contributed by atoms with E-state index in [4.69, 9.17) is 0 Å². The van der Waals surface area contributed by atoms with E-state index in [0.29, 0.717) is 0 Å². The molecule has 2 heteroatoms. The van der Waals surface area contributed by atoms with Crippen LogP contribution in [0.25, 0.3) is 0 Å². The van der Waals surface area contributed by atoms with Gasteiger partial charge in [-0.1, -0.05) is 26.7 Å². The van der Waals surface area contributed by atoms with Gasteiger partial charge in [-0.2, -0.15) is 12.6 Å². The summed E-state index contributed by atoms with van der Waals surface area (Å²) >= 11 is 4.35. The summed E-state index contributed by atoms with van der Waals surface area (Å²) in [6.45, 7) is 5.89. The standard InChI is InChI=1S/C12H25NS/c1-10-5-4-6-12(7-10)13(3)8-11(2)9-14/h10-12,14H,4-9H2,1-3H3. The lowest BCUT2D eigenvalue weighted by Gasteiger charge is -2.35. The quantitative estimate of drug-likeness (QED) is 0.705. The summed E-state index contributed by atoms with van der Waals surface area (Å²) in [5.74, 6) is 2.66. The van der Waals surface area contributed by atoms with Crippen LogP contribution in [0, 0.1) is 11.8 Å². The first-order valence-electron chi connectivity index (χ1n) is 5.94. The van der Waals surface area contributed by atoms with Crippen LogP contribution in [0.5, 0.6) is 0 Å². The van der Waals surface area contributed by atoms with Crippen molar-refractivity contribution in [3.8, 4) is 0 Å². The van der Waals surface area contributed by atoms with Gasteiger partial charge in [-0.3, -0.25) is 0 Å². The van der Waals surface area contributed by atoms with Crippen molar-refractivity contribution in [3.05, 3.63) is 0 Å². The van der Waals surface area contributed by atoms with E-state index >= 15 is 0 Å². The lowest BCUT2D eigenvalue weighted by Crippen LogP contribution is -2.38. The van der Waals surface area contributed by atoms with Crippen LogP contribution < -0.4 is 0 Å². The summed E-state index contributed by atoms with van der Waals surface area (Å²) in [5.41, 5.74) is 0. The van der Waals surface area contributed by atoms with Crippen LogP contribution in [0.15, 0.2) is 0 Å².